The van der Waals surface area contributed by atoms with Gasteiger partial charge in [-0.05, 0) is 58.7 Å². The molecule has 0 N–H and O–H groups in total. The molecule has 0 radical (unpaired) electrons. The number of nitrogens with zero attached hydrogens (tertiary/aromatic N) is 2. The average Bonchev–Trinajstić information content (AvgIpc) is 2.69. The second kappa shape index (κ2) is 7.11. The van der Waals surface area contributed by atoms with E-state index in [9.17, 15) is 0 Å². The summed E-state index contributed by atoms with van der Waals surface area (Å²) in [4.78, 5) is 4.28. The van der Waals surface area contributed by atoms with Gasteiger partial charge in [-0.2, -0.15) is 4.57 Å². The summed E-state index contributed by atoms with van der Waals surface area (Å²) in [5.74, 6) is 0. The smallest absolute Gasteiger partial charge is 0.220 e. The highest BCUT2D eigenvalue weighted by atomic mass is 14.9. The largest absolute Gasteiger partial charge is 0.264 e. The summed E-state index contributed by atoms with van der Waals surface area (Å²) >= 11 is 0. The highest BCUT2D eigenvalue weighted by Gasteiger charge is 2.22. The van der Waals surface area contributed by atoms with Crippen LogP contribution in [0.1, 0.15) is 37.6 Å². The van der Waals surface area contributed by atoms with Crippen molar-refractivity contribution in [2.75, 3.05) is 0 Å². The molecule has 0 bridgehead atoms. The molecule has 2 heteroatoms. The van der Waals surface area contributed by atoms with Crippen molar-refractivity contribution >= 4 is 10.8 Å². The molecule has 0 aliphatic carbocycles. The second-order valence-electron chi connectivity index (χ2n) is 9.02. The van der Waals surface area contributed by atoms with Gasteiger partial charge in [-0.15, -0.1) is 0 Å². The van der Waals surface area contributed by atoms with E-state index in [1.54, 1.807) is 0 Å². The highest BCUT2D eigenvalue weighted by Crippen LogP contribution is 2.34. The third-order valence-corrected chi connectivity index (χ3v) is 5.89. The SMILES string of the molecule is Cc1ccc(C(C)(C)C)cc1-c1c2ccc(-c3cccnc3)cc2cc(C)[n+]1C. The lowest BCUT2D eigenvalue weighted by atomic mass is 9.84. The molecule has 0 unspecified atom stereocenters. The minimum absolute atomic E-state index is 0.119. The molecule has 2 aromatic heterocycles. The molecule has 2 aromatic carbocycles. The molecule has 0 fully saturated rings. The van der Waals surface area contributed by atoms with Gasteiger partial charge >= 0.3 is 0 Å². The van der Waals surface area contributed by atoms with Crippen LogP contribution in [0.25, 0.3) is 33.2 Å². The molecular formula is C27H29N2+. The molecule has 0 saturated heterocycles. The van der Waals surface area contributed by atoms with Gasteiger partial charge in [0.05, 0.1) is 10.9 Å². The Balaban J connectivity index is 1.99. The van der Waals surface area contributed by atoms with Crippen LogP contribution in [0.4, 0.5) is 0 Å². The molecule has 0 atom stereocenters. The molecule has 4 aromatic rings. The molecule has 146 valence electrons. The lowest BCUT2D eigenvalue weighted by molar-refractivity contribution is -0.665. The van der Waals surface area contributed by atoms with Crippen molar-refractivity contribution in [1.29, 1.82) is 0 Å². The molecular weight excluding hydrogens is 352 g/mol. The summed E-state index contributed by atoms with van der Waals surface area (Å²) in [6.07, 6.45) is 3.74. The van der Waals surface area contributed by atoms with E-state index >= 15 is 0 Å². The molecule has 29 heavy (non-hydrogen) atoms. The van der Waals surface area contributed by atoms with Crippen LogP contribution in [0.5, 0.6) is 0 Å². The first-order valence-corrected chi connectivity index (χ1v) is 10.2. The fourth-order valence-electron chi connectivity index (χ4n) is 3.96. The van der Waals surface area contributed by atoms with Gasteiger partial charge in [0.25, 0.3) is 0 Å². The van der Waals surface area contributed by atoms with Crippen molar-refractivity contribution in [1.82, 2.24) is 4.98 Å². The zero-order valence-electron chi connectivity index (χ0n) is 18.2. The van der Waals surface area contributed by atoms with Crippen LogP contribution in [0, 0.1) is 13.8 Å². The fraction of sp³-hybridized carbons (Fsp3) is 0.259. The molecule has 2 heterocycles. The van der Waals surface area contributed by atoms with Gasteiger partial charge in [0, 0.05) is 30.9 Å². The quantitative estimate of drug-likeness (QED) is 0.372. The van der Waals surface area contributed by atoms with Crippen LogP contribution in [0.2, 0.25) is 0 Å². The van der Waals surface area contributed by atoms with Crippen molar-refractivity contribution in [2.45, 2.75) is 40.0 Å². The van der Waals surface area contributed by atoms with Crippen molar-refractivity contribution in [2.24, 2.45) is 7.05 Å². The summed E-state index contributed by atoms with van der Waals surface area (Å²) in [6.45, 7) is 11.2. The number of fused-ring (bicyclic) bond motifs is 1. The maximum absolute atomic E-state index is 4.28. The average molecular weight is 382 g/mol. The van der Waals surface area contributed by atoms with Crippen molar-refractivity contribution in [3.05, 3.63) is 83.8 Å². The predicted octanol–water partition coefficient (Wildman–Crippen LogP) is 6.31. The zero-order valence-corrected chi connectivity index (χ0v) is 18.2. The zero-order chi connectivity index (χ0) is 20.8. The van der Waals surface area contributed by atoms with Gasteiger partial charge in [0.1, 0.15) is 7.05 Å². The Labute approximate surface area is 173 Å². The fourth-order valence-corrected chi connectivity index (χ4v) is 3.96. The van der Waals surface area contributed by atoms with E-state index in [2.05, 4.69) is 99.7 Å². The molecule has 0 aliphatic heterocycles. The van der Waals surface area contributed by atoms with E-state index in [0.717, 1.165) is 5.56 Å². The van der Waals surface area contributed by atoms with E-state index in [4.69, 9.17) is 0 Å². The Morgan fingerprint density at radius 2 is 1.66 bits per heavy atom. The van der Waals surface area contributed by atoms with Crippen LogP contribution in [-0.4, -0.2) is 4.98 Å². The standard InChI is InChI=1S/C27H29N2/c1-18-9-11-23(27(3,4)5)16-25(18)26-24-12-10-20(21-8-7-13-28-17-21)15-22(24)14-19(2)29(26)6/h7-17H,1-6H3/q+1. The molecule has 0 saturated carbocycles. The van der Waals surface area contributed by atoms with E-state index in [0.29, 0.717) is 0 Å². The Morgan fingerprint density at radius 1 is 0.862 bits per heavy atom. The highest BCUT2D eigenvalue weighted by molar-refractivity contribution is 5.96. The van der Waals surface area contributed by atoms with Gasteiger partial charge in [-0.1, -0.05) is 45.0 Å². The van der Waals surface area contributed by atoms with Crippen molar-refractivity contribution in [3.63, 3.8) is 0 Å². The summed E-state index contributed by atoms with van der Waals surface area (Å²) in [5, 5.41) is 2.54. The van der Waals surface area contributed by atoms with Gasteiger partial charge in [-0.25, -0.2) is 0 Å². The summed E-state index contributed by atoms with van der Waals surface area (Å²) < 4.78 is 2.32. The molecule has 0 aliphatic rings. The summed E-state index contributed by atoms with van der Waals surface area (Å²) in [5.41, 5.74) is 8.96. The first-order chi connectivity index (χ1) is 13.8. The number of hydrogen-bond acceptors (Lipinski definition) is 1. The lowest BCUT2D eigenvalue weighted by Crippen LogP contribution is -2.35. The summed E-state index contributed by atoms with van der Waals surface area (Å²) in [6, 6.07) is 20.0. The van der Waals surface area contributed by atoms with Gasteiger partial charge in [-0.3, -0.25) is 4.98 Å². The number of hydrogen-bond donors (Lipinski definition) is 0. The third kappa shape index (κ3) is 3.55. The molecule has 4 rings (SSSR count). The van der Waals surface area contributed by atoms with E-state index in [-0.39, 0.29) is 5.41 Å². The number of aromatic nitrogens is 2. The number of benzene rings is 2. The Bertz CT molecular complexity index is 1200. The molecule has 2 nitrogen and oxygen atoms in total. The molecule has 0 amide bonds. The normalized spacial score (nSPS) is 11.8. The minimum Gasteiger partial charge on any atom is -0.264 e. The molecule has 0 spiro atoms. The predicted molar refractivity (Wildman–Crippen MR) is 122 cm³/mol. The van der Waals surface area contributed by atoms with Crippen LogP contribution in [0.15, 0.2) is 67.0 Å². The summed E-state index contributed by atoms with van der Waals surface area (Å²) in [7, 11) is 2.17. The van der Waals surface area contributed by atoms with Crippen LogP contribution in [0.3, 0.4) is 0 Å². The first-order valence-electron chi connectivity index (χ1n) is 10.2. The monoisotopic (exact) mass is 381 g/mol. The van der Waals surface area contributed by atoms with Crippen molar-refractivity contribution in [3.8, 4) is 22.4 Å². The topological polar surface area (TPSA) is 16.8 Å². The van der Waals surface area contributed by atoms with E-state index in [1.807, 2.05) is 18.5 Å². The third-order valence-electron chi connectivity index (χ3n) is 5.89. The van der Waals surface area contributed by atoms with Gasteiger partial charge < -0.3 is 0 Å². The first kappa shape index (κ1) is 19.3. The minimum atomic E-state index is 0.119. The van der Waals surface area contributed by atoms with E-state index in [1.165, 1.54) is 44.4 Å². The Hall–Kier alpha value is -3.00. The van der Waals surface area contributed by atoms with Crippen molar-refractivity contribution < 1.29 is 4.57 Å². The number of rotatable bonds is 2. The number of pyridine rings is 2. The van der Waals surface area contributed by atoms with E-state index < -0.39 is 0 Å². The van der Waals surface area contributed by atoms with Gasteiger partial charge in [0.2, 0.25) is 5.69 Å². The van der Waals surface area contributed by atoms with Crippen LogP contribution in [-0.2, 0) is 12.5 Å². The Morgan fingerprint density at radius 3 is 2.34 bits per heavy atom. The maximum Gasteiger partial charge on any atom is 0.220 e. The maximum atomic E-state index is 4.28. The lowest BCUT2D eigenvalue weighted by Gasteiger charge is -2.21. The number of aryl methyl sites for hydroxylation is 2. The second-order valence-corrected chi connectivity index (χ2v) is 9.02. The van der Waals surface area contributed by atoms with Gasteiger partial charge in [0.15, 0.2) is 5.69 Å². The van der Waals surface area contributed by atoms with Crippen LogP contribution < -0.4 is 4.57 Å². The Kier molecular flexibility index (Phi) is 4.74. The van der Waals surface area contributed by atoms with Crippen LogP contribution >= 0.6 is 0 Å².